The summed E-state index contributed by atoms with van der Waals surface area (Å²) in [6, 6.07) is 10.2. The van der Waals surface area contributed by atoms with Gasteiger partial charge in [0.2, 0.25) is 5.91 Å². The quantitative estimate of drug-likeness (QED) is 0.756. The summed E-state index contributed by atoms with van der Waals surface area (Å²) < 4.78 is 5.09. The van der Waals surface area contributed by atoms with E-state index in [0.717, 1.165) is 5.56 Å². The van der Waals surface area contributed by atoms with E-state index < -0.39 is 5.41 Å². The largest absolute Gasteiger partial charge is 0.497 e. The molecule has 1 aliphatic heterocycles. The van der Waals surface area contributed by atoms with E-state index in [1.54, 1.807) is 43.5 Å². The van der Waals surface area contributed by atoms with Gasteiger partial charge in [0, 0.05) is 17.3 Å². The van der Waals surface area contributed by atoms with Gasteiger partial charge in [0.1, 0.15) is 5.75 Å². The predicted molar refractivity (Wildman–Crippen MR) is 93.5 cm³/mol. The third-order valence-corrected chi connectivity index (χ3v) is 4.28. The third kappa shape index (κ3) is 2.56. The highest BCUT2D eigenvalue weighted by Gasteiger charge is 2.38. The molecule has 4 N–H and O–H groups in total. The fourth-order valence-electron chi connectivity index (χ4n) is 2.71. The summed E-state index contributed by atoms with van der Waals surface area (Å²) in [4.78, 5) is 24.4. The molecule has 3 rings (SSSR count). The lowest BCUT2D eigenvalue weighted by Crippen LogP contribution is -2.26. The normalized spacial score (nSPS) is 14.7. The summed E-state index contributed by atoms with van der Waals surface area (Å²) in [7, 11) is 1.55. The number of anilines is 3. The Hall–Kier alpha value is -3.02. The van der Waals surface area contributed by atoms with Crippen LogP contribution in [0.3, 0.4) is 0 Å². The lowest BCUT2D eigenvalue weighted by atomic mass is 9.86. The van der Waals surface area contributed by atoms with Crippen LogP contribution in [0, 0.1) is 0 Å². The molecular formula is C18H19N3O3. The highest BCUT2D eigenvalue weighted by Crippen LogP contribution is 2.37. The molecule has 1 aliphatic rings. The zero-order valence-corrected chi connectivity index (χ0v) is 13.8. The lowest BCUT2D eigenvalue weighted by Gasteiger charge is -2.15. The second kappa shape index (κ2) is 5.56. The molecule has 0 radical (unpaired) electrons. The maximum Gasteiger partial charge on any atom is 0.255 e. The van der Waals surface area contributed by atoms with Crippen LogP contribution in [0.25, 0.3) is 0 Å². The van der Waals surface area contributed by atoms with Crippen molar-refractivity contribution in [3.05, 3.63) is 47.5 Å². The second-order valence-electron chi connectivity index (χ2n) is 6.25. The second-order valence-corrected chi connectivity index (χ2v) is 6.25. The Morgan fingerprint density at radius 1 is 1.21 bits per heavy atom. The number of carbonyl (C=O) groups is 2. The zero-order chi connectivity index (χ0) is 17.5. The van der Waals surface area contributed by atoms with Crippen LogP contribution in [0.1, 0.15) is 29.8 Å². The molecule has 0 saturated heterocycles. The molecule has 0 aliphatic carbocycles. The molecule has 2 aromatic rings. The predicted octanol–water partition coefficient (Wildman–Crippen LogP) is 2.76. The number of hydrogen-bond donors (Lipinski definition) is 3. The molecule has 0 saturated carbocycles. The minimum atomic E-state index is -0.593. The summed E-state index contributed by atoms with van der Waals surface area (Å²) in [5.41, 5.74) is 8.24. The van der Waals surface area contributed by atoms with Crippen LogP contribution in [-0.2, 0) is 10.2 Å². The molecule has 0 aromatic heterocycles. The van der Waals surface area contributed by atoms with Gasteiger partial charge in [-0.05, 0) is 43.7 Å². The molecule has 124 valence electrons. The molecule has 0 bridgehead atoms. The standard InChI is InChI=1S/C18H19N3O3/c1-18(2)12-6-4-10(8-15(12)21-17(18)23)16(22)20-14-7-5-11(24-3)9-13(14)19/h4-9H,19H2,1-3H3,(H,20,22)(H,21,23). The first kappa shape index (κ1) is 15.9. The Labute approximate surface area is 140 Å². The van der Waals surface area contributed by atoms with E-state index in [1.165, 1.54) is 0 Å². The summed E-state index contributed by atoms with van der Waals surface area (Å²) >= 11 is 0. The van der Waals surface area contributed by atoms with Gasteiger partial charge in [0.15, 0.2) is 0 Å². The summed E-state index contributed by atoms with van der Waals surface area (Å²) in [6.45, 7) is 3.71. The Morgan fingerprint density at radius 3 is 2.62 bits per heavy atom. The molecule has 0 fully saturated rings. The van der Waals surface area contributed by atoms with Crippen LogP contribution in [0.2, 0.25) is 0 Å². The number of rotatable bonds is 3. The summed E-state index contributed by atoms with van der Waals surface area (Å²) in [5, 5.41) is 5.58. The van der Waals surface area contributed by atoms with Crippen molar-refractivity contribution >= 4 is 28.9 Å². The summed E-state index contributed by atoms with van der Waals surface area (Å²) in [5.74, 6) is 0.246. The Kier molecular flexibility index (Phi) is 3.67. The number of nitrogens with two attached hydrogens (primary N) is 1. The molecular weight excluding hydrogens is 306 g/mol. The number of carbonyl (C=O) groups excluding carboxylic acids is 2. The van der Waals surface area contributed by atoms with Crippen molar-refractivity contribution < 1.29 is 14.3 Å². The van der Waals surface area contributed by atoms with Crippen LogP contribution >= 0.6 is 0 Å². The molecule has 0 atom stereocenters. The monoisotopic (exact) mass is 325 g/mol. The lowest BCUT2D eigenvalue weighted by molar-refractivity contribution is -0.119. The van der Waals surface area contributed by atoms with Crippen molar-refractivity contribution in [3.8, 4) is 5.75 Å². The maximum absolute atomic E-state index is 12.5. The van der Waals surface area contributed by atoms with Gasteiger partial charge in [-0.25, -0.2) is 0 Å². The van der Waals surface area contributed by atoms with E-state index in [0.29, 0.717) is 28.4 Å². The van der Waals surface area contributed by atoms with E-state index in [1.807, 2.05) is 13.8 Å². The van der Waals surface area contributed by atoms with E-state index in [2.05, 4.69) is 10.6 Å². The minimum absolute atomic E-state index is 0.0746. The number of ether oxygens (including phenoxy) is 1. The molecule has 1 heterocycles. The first-order valence-corrected chi connectivity index (χ1v) is 7.54. The van der Waals surface area contributed by atoms with Gasteiger partial charge in [-0.15, -0.1) is 0 Å². The van der Waals surface area contributed by atoms with Crippen LogP contribution in [0.4, 0.5) is 17.1 Å². The summed E-state index contributed by atoms with van der Waals surface area (Å²) in [6.07, 6.45) is 0. The van der Waals surface area contributed by atoms with Gasteiger partial charge in [-0.3, -0.25) is 9.59 Å². The topological polar surface area (TPSA) is 93.5 Å². The average Bonchev–Trinajstić information content (AvgIpc) is 2.78. The van der Waals surface area contributed by atoms with Crippen LogP contribution in [0.5, 0.6) is 5.75 Å². The van der Waals surface area contributed by atoms with Gasteiger partial charge < -0.3 is 21.1 Å². The molecule has 0 spiro atoms. The fraction of sp³-hybridized carbons (Fsp3) is 0.222. The van der Waals surface area contributed by atoms with Crippen LogP contribution in [-0.4, -0.2) is 18.9 Å². The van der Waals surface area contributed by atoms with Crippen LogP contribution < -0.4 is 21.1 Å². The number of methoxy groups -OCH3 is 1. The van der Waals surface area contributed by atoms with Gasteiger partial charge in [0.05, 0.1) is 23.9 Å². The van der Waals surface area contributed by atoms with E-state index in [4.69, 9.17) is 10.5 Å². The van der Waals surface area contributed by atoms with Crippen molar-refractivity contribution in [1.82, 2.24) is 0 Å². The number of nitrogen functional groups attached to an aromatic ring is 1. The fourth-order valence-corrected chi connectivity index (χ4v) is 2.71. The number of fused-ring (bicyclic) bond motifs is 1. The number of amides is 2. The van der Waals surface area contributed by atoms with Crippen molar-refractivity contribution in [3.63, 3.8) is 0 Å². The smallest absolute Gasteiger partial charge is 0.255 e. The molecule has 24 heavy (non-hydrogen) atoms. The van der Waals surface area contributed by atoms with Gasteiger partial charge in [-0.1, -0.05) is 6.07 Å². The SMILES string of the molecule is COc1ccc(NC(=O)c2ccc3c(c2)NC(=O)C3(C)C)c(N)c1. The molecule has 2 aromatic carbocycles. The highest BCUT2D eigenvalue weighted by molar-refractivity contribution is 6.10. The first-order chi connectivity index (χ1) is 11.3. The highest BCUT2D eigenvalue weighted by atomic mass is 16.5. The van der Waals surface area contributed by atoms with Crippen molar-refractivity contribution in [2.24, 2.45) is 0 Å². The number of nitrogens with one attached hydrogen (secondary N) is 2. The van der Waals surface area contributed by atoms with Gasteiger partial charge in [-0.2, -0.15) is 0 Å². The van der Waals surface area contributed by atoms with Crippen molar-refractivity contribution in [1.29, 1.82) is 0 Å². The molecule has 6 nitrogen and oxygen atoms in total. The molecule has 6 heteroatoms. The Bertz CT molecular complexity index is 843. The first-order valence-electron chi connectivity index (χ1n) is 7.54. The molecule has 0 unspecified atom stereocenters. The van der Waals surface area contributed by atoms with Gasteiger partial charge in [0.25, 0.3) is 5.91 Å². The van der Waals surface area contributed by atoms with Crippen molar-refractivity contribution in [2.45, 2.75) is 19.3 Å². The van der Waals surface area contributed by atoms with E-state index in [9.17, 15) is 9.59 Å². The Morgan fingerprint density at radius 2 is 1.96 bits per heavy atom. The zero-order valence-electron chi connectivity index (χ0n) is 13.8. The maximum atomic E-state index is 12.5. The third-order valence-electron chi connectivity index (χ3n) is 4.28. The number of benzene rings is 2. The van der Waals surface area contributed by atoms with Crippen LogP contribution in [0.15, 0.2) is 36.4 Å². The van der Waals surface area contributed by atoms with E-state index >= 15 is 0 Å². The van der Waals surface area contributed by atoms with Crippen molar-refractivity contribution in [2.75, 3.05) is 23.5 Å². The number of hydrogen-bond acceptors (Lipinski definition) is 4. The van der Waals surface area contributed by atoms with E-state index in [-0.39, 0.29) is 11.8 Å². The minimum Gasteiger partial charge on any atom is -0.497 e. The Balaban J connectivity index is 1.85. The van der Waals surface area contributed by atoms with Gasteiger partial charge >= 0.3 is 0 Å². The average molecular weight is 325 g/mol. The molecule has 2 amide bonds.